The van der Waals surface area contributed by atoms with Crippen molar-refractivity contribution in [3.63, 3.8) is 0 Å². The van der Waals surface area contributed by atoms with Gasteiger partial charge < -0.3 is 4.74 Å². The fraction of sp³-hybridized carbons (Fsp3) is 0.500. The van der Waals surface area contributed by atoms with Crippen LogP contribution in [0.15, 0.2) is 48.8 Å². The van der Waals surface area contributed by atoms with Gasteiger partial charge in [-0.3, -0.25) is 0 Å². The summed E-state index contributed by atoms with van der Waals surface area (Å²) in [7, 11) is 0. The largest absolute Gasteiger partial charge is 0.489 e. The Labute approximate surface area is 104 Å². The first kappa shape index (κ1) is 10.9. The first-order valence-electron chi connectivity index (χ1n) is 6.49. The van der Waals surface area contributed by atoms with Crippen LogP contribution in [-0.2, 0) is 4.74 Å². The van der Waals surface area contributed by atoms with E-state index < -0.39 is 0 Å². The van der Waals surface area contributed by atoms with Gasteiger partial charge >= 0.3 is 0 Å². The minimum Gasteiger partial charge on any atom is -0.489 e. The van der Waals surface area contributed by atoms with Crippen LogP contribution < -0.4 is 0 Å². The predicted molar refractivity (Wildman–Crippen MR) is 70.4 cm³/mol. The first-order chi connectivity index (χ1) is 8.09. The third-order valence-electron chi connectivity index (χ3n) is 4.82. The zero-order valence-electron chi connectivity index (χ0n) is 10.4. The molecule has 1 aliphatic heterocycles. The lowest BCUT2D eigenvalue weighted by Gasteiger charge is -2.26. The number of rotatable bonds is 0. The molecule has 17 heavy (non-hydrogen) atoms. The lowest BCUT2D eigenvalue weighted by Crippen LogP contribution is -2.28. The summed E-state index contributed by atoms with van der Waals surface area (Å²) in [6, 6.07) is 0. The van der Waals surface area contributed by atoms with Crippen LogP contribution >= 0.6 is 0 Å². The zero-order chi connectivity index (χ0) is 12.2. The van der Waals surface area contributed by atoms with Gasteiger partial charge in [0.2, 0.25) is 0 Å². The van der Waals surface area contributed by atoms with Crippen molar-refractivity contribution in [2.24, 2.45) is 17.8 Å². The molecule has 0 aromatic heterocycles. The lowest BCUT2D eigenvalue weighted by molar-refractivity contribution is 0.0819. The summed E-state index contributed by atoms with van der Waals surface area (Å²) in [5.74, 6) is 2.26. The standard InChI is InChI=1S/C16H20O/c1-9-5-8-14-11(3)12(4)17-16(14)15-10(2)6-7-13(9)15/h13-16H,1-8H2/t13-,14-,15-,16-/m0/s1. The zero-order valence-corrected chi connectivity index (χ0v) is 10.4. The van der Waals surface area contributed by atoms with E-state index in [4.69, 9.17) is 4.74 Å². The highest BCUT2D eigenvalue weighted by Gasteiger charge is 2.48. The highest BCUT2D eigenvalue weighted by atomic mass is 16.5. The number of hydrogen-bond donors (Lipinski definition) is 0. The topological polar surface area (TPSA) is 9.23 Å². The Kier molecular flexibility index (Phi) is 2.32. The molecule has 3 aliphatic rings. The second-order valence-electron chi connectivity index (χ2n) is 5.66. The molecule has 1 heterocycles. The van der Waals surface area contributed by atoms with Gasteiger partial charge in [-0.25, -0.2) is 0 Å². The van der Waals surface area contributed by atoms with Crippen molar-refractivity contribution in [2.75, 3.05) is 0 Å². The molecule has 0 aromatic carbocycles. The molecule has 3 fully saturated rings. The molecule has 90 valence electrons. The summed E-state index contributed by atoms with van der Waals surface area (Å²) < 4.78 is 5.99. The first-order valence-corrected chi connectivity index (χ1v) is 6.49. The predicted octanol–water partition coefficient (Wildman–Crippen LogP) is 4.00. The Morgan fingerprint density at radius 2 is 1.53 bits per heavy atom. The molecule has 0 amide bonds. The van der Waals surface area contributed by atoms with Crippen molar-refractivity contribution in [2.45, 2.75) is 31.8 Å². The molecule has 0 unspecified atom stereocenters. The van der Waals surface area contributed by atoms with Gasteiger partial charge in [-0.05, 0) is 37.2 Å². The Bertz CT molecular complexity index is 429. The smallest absolute Gasteiger partial charge is 0.115 e. The molecule has 2 saturated carbocycles. The average molecular weight is 228 g/mol. The van der Waals surface area contributed by atoms with Crippen molar-refractivity contribution in [3.05, 3.63) is 48.8 Å². The van der Waals surface area contributed by atoms with E-state index in [2.05, 4.69) is 26.3 Å². The molecule has 0 radical (unpaired) electrons. The van der Waals surface area contributed by atoms with Crippen LogP contribution in [0.3, 0.4) is 0 Å². The summed E-state index contributed by atoms with van der Waals surface area (Å²) >= 11 is 0. The monoisotopic (exact) mass is 228 g/mol. The fourth-order valence-corrected chi connectivity index (χ4v) is 3.81. The van der Waals surface area contributed by atoms with Gasteiger partial charge in [0.15, 0.2) is 0 Å². The maximum absolute atomic E-state index is 5.99. The van der Waals surface area contributed by atoms with Crippen molar-refractivity contribution in [1.29, 1.82) is 0 Å². The summed E-state index contributed by atoms with van der Waals surface area (Å²) in [6.07, 6.45) is 4.77. The third kappa shape index (κ3) is 1.45. The van der Waals surface area contributed by atoms with E-state index in [1.807, 2.05) is 0 Å². The molecule has 0 spiro atoms. The van der Waals surface area contributed by atoms with Crippen LogP contribution in [0.2, 0.25) is 0 Å². The van der Waals surface area contributed by atoms with E-state index in [1.54, 1.807) is 0 Å². The molecule has 0 aromatic rings. The summed E-state index contributed by atoms with van der Waals surface area (Å²) in [5.41, 5.74) is 3.84. The molecule has 0 N–H and O–H groups in total. The SMILES string of the molecule is C=C1O[C@@H]2[C@H]3C(=C)CC[C@H]3C(=C)CC[C@H]2C1=C. The summed E-state index contributed by atoms with van der Waals surface area (Å²) in [5, 5.41) is 0. The summed E-state index contributed by atoms with van der Waals surface area (Å²) in [6.45, 7) is 16.6. The average Bonchev–Trinajstić information content (AvgIpc) is 2.75. The van der Waals surface area contributed by atoms with Crippen molar-refractivity contribution >= 4 is 0 Å². The van der Waals surface area contributed by atoms with Gasteiger partial charge in [-0.1, -0.05) is 37.5 Å². The van der Waals surface area contributed by atoms with Gasteiger partial charge in [-0.15, -0.1) is 0 Å². The second-order valence-corrected chi connectivity index (χ2v) is 5.66. The van der Waals surface area contributed by atoms with Gasteiger partial charge in [0.05, 0.1) is 0 Å². The molecule has 1 nitrogen and oxygen atoms in total. The third-order valence-corrected chi connectivity index (χ3v) is 4.82. The maximum Gasteiger partial charge on any atom is 0.115 e. The fourth-order valence-electron chi connectivity index (χ4n) is 3.81. The van der Waals surface area contributed by atoms with Crippen LogP contribution in [0, 0.1) is 17.8 Å². The van der Waals surface area contributed by atoms with E-state index in [0.717, 1.165) is 30.6 Å². The minimum atomic E-state index is 0.231. The molecule has 1 saturated heterocycles. The molecule has 2 aliphatic carbocycles. The van der Waals surface area contributed by atoms with E-state index in [1.165, 1.54) is 17.6 Å². The quantitative estimate of drug-likeness (QED) is 0.569. The van der Waals surface area contributed by atoms with Gasteiger partial charge in [0, 0.05) is 11.8 Å². The van der Waals surface area contributed by atoms with Gasteiger partial charge in [0.1, 0.15) is 11.9 Å². The minimum absolute atomic E-state index is 0.231. The summed E-state index contributed by atoms with van der Waals surface area (Å²) in [4.78, 5) is 0. The van der Waals surface area contributed by atoms with Crippen LogP contribution in [0.5, 0.6) is 0 Å². The maximum atomic E-state index is 5.99. The van der Waals surface area contributed by atoms with Gasteiger partial charge in [-0.2, -0.15) is 0 Å². The van der Waals surface area contributed by atoms with E-state index in [0.29, 0.717) is 17.8 Å². The Morgan fingerprint density at radius 3 is 2.29 bits per heavy atom. The Hall–Kier alpha value is -1.24. The number of fused-ring (bicyclic) bond motifs is 3. The number of ether oxygens (including phenoxy) is 1. The van der Waals surface area contributed by atoms with Crippen molar-refractivity contribution in [1.82, 2.24) is 0 Å². The number of hydrogen-bond acceptors (Lipinski definition) is 1. The van der Waals surface area contributed by atoms with Crippen LogP contribution in [0.4, 0.5) is 0 Å². The van der Waals surface area contributed by atoms with Crippen molar-refractivity contribution < 1.29 is 4.74 Å². The molecular formula is C16H20O. The molecular weight excluding hydrogens is 208 g/mol. The van der Waals surface area contributed by atoms with E-state index >= 15 is 0 Å². The second kappa shape index (κ2) is 3.63. The highest BCUT2D eigenvalue weighted by Crippen LogP contribution is 2.53. The van der Waals surface area contributed by atoms with Crippen molar-refractivity contribution in [3.8, 4) is 0 Å². The van der Waals surface area contributed by atoms with Gasteiger partial charge in [0.25, 0.3) is 0 Å². The highest BCUT2D eigenvalue weighted by molar-refractivity contribution is 5.34. The molecule has 0 bridgehead atoms. The molecule has 3 rings (SSSR count). The molecule has 4 atom stereocenters. The van der Waals surface area contributed by atoms with Crippen LogP contribution in [0.25, 0.3) is 0 Å². The van der Waals surface area contributed by atoms with Crippen LogP contribution in [0.1, 0.15) is 25.7 Å². The molecule has 1 heteroatoms. The normalized spacial score (nSPS) is 40.9. The van der Waals surface area contributed by atoms with E-state index in [9.17, 15) is 0 Å². The Balaban J connectivity index is 2.00. The number of allylic oxidation sites excluding steroid dienone is 2. The van der Waals surface area contributed by atoms with E-state index in [-0.39, 0.29) is 6.10 Å². The lowest BCUT2D eigenvalue weighted by atomic mass is 9.82. The van der Waals surface area contributed by atoms with Crippen LogP contribution in [-0.4, -0.2) is 6.10 Å². The Morgan fingerprint density at radius 1 is 0.882 bits per heavy atom.